The van der Waals surface area contributed by atoms with Crippen LogP contribution in [0.4, 0.5) is 11.4 Å². The molecule has 1 fully saturated rings. The fourth-order valence-corrected chi connectivity index (χ4v) is 2.59. The van der Waals surface area contributed by atoms with Crippen LogP contribution in [-0.4, -0.2) is 58.9 Å². The van der Waals surface area contributed by atoms with Crippen molar-refractivity contribution in [2.45, 2.75) is 19.6 Å². The number of nitrogens with zero attached hydrogens (tertiary/aromatic N) is 3. The molecule has 21 heavy (non-hydrogen) atoms. The lowest BCUT2D eigenvalue weighted by Gasteiger charge is -2.38. The number of aliphatic hydroxyl groups excluding tert-OH is 2. The summed E-state index contributed by atoms with van der Waals surface area (Å²) in [6.07, 6.45) is 0. The monoisotopic (exact) mass is 295 g/mol. The second-order valence-electron chi connectivity index (χ2n) is 5.29. The van der Waals surface area contributed by atoms with Crippen LogP contribution >= 0.6 is 0 Å². The van der Waals surface area contributed by atoms with Gasteiger partial charge in [-0.1, -0.05) is 0 Å². The van der Waals surface area contributed by atoms with Crippen molar-refractivity contribution in [3.63, 3.8) is 0 Å². The highest BCUT2D eigenvalue weighted by molar-refractivity contribution is 5.64. The lowest BCUT2D eigenvalue weighted by molar-refractivity contribution is -0.384. The molecule has 0 saturated carbocycles. The van der Waals surface area contributed by atoms with Crippen LogP contribution in [0.1, 0.15) is 12.5 Å². The molecule has 2 N–H and O–H groups in total. The second kappa shape index (κ2) is 6.84. The zero-order valence-electron chi connectivity index (χ0n) is 12.1. The smallest absolute Gasteiger partial charge is 0.292 e. The lowest BCUT2D eigenvalue weighted by Crippen LogP contribution is -2.50. The fraction of sp³-hybridized carbons (Fsp3) is 0.571. The van der Waals surface area contributed by atoms with Gasteiger partial charge in [-0.05, 0) is 24.6 Å². The predicted octanol–water partition coefficient (Wildman–Crippen LogP) is 0.590. The molecule has 7 heteroatoms. The maximum absolute atomic E-state index is 11.2. The molecule has 116 valence electrons. The van der Waals surface area contributed by atoms with Crippen LogP contribution in [-0.2, 0) is 6.61 Å². The predicted molar refractivity (Wildman–Crippen MR) is 79.4 cm³/mol. The van der Waals surface area contributed by atoms with Crippen LogP contribution in [0.25, 0.3) is 0 Å². The molecule has 0 bridgehead atoms. The van der Waals surface area contributed by atoms with E-state index in [1.165, 1.54) is 6.07 Å². The molecule has 1 atom stereocenters. The summed E-state index contributed by atoms with van der Waals surface area (Å²) in [6, 6.07) is 4.81. The van der Waals surface area contributed by atoms with Gasteiger partial charge in [0, 0.05) is 38.3 Å². The largest absolute Gasteiger partial charge is 0.395 e. The third-order valence-electron chi connectivity index (χ3n) is 3.96. The lowest BCUT2D eigenvalue weighted by atomic mass is 10.1. The van der Waals surface area contributed by atoms with Gasteiger partial charge in [0.05, 0.1) is 18.1 Å². The number of nitro benzene ring substituents is 1. The van der Waals surface area contributed by atoms with E-state index in [9.17, 15) is 20.3 Å². The van der Waals surface area contributed by atoms with Gasteiger partial charge in [0.2, 0.25) is 0 Å². The molecule has 0 aliphatic carbocycles. The van der Waals surface area contributed by atoms with Crippen molar-refractivity contribution >= 4 is 11.4 Å². The van der Waals surface area contributed by atoms with E-state index in [4.69, 9.17) is 0 Å². The highest BCUT2D eigenvalue weighted by Gasteiger charge is 2.25. The molecule has 1 aromatic rings. The summed E-state index contributed by atoms with van der Waals surface area (Å²) in [4.78, 5) is 14.9. The number of hydrogen-bond acceptors (Lipinski definition) is 6. The molecular weight excluding hydrogens is 274 g/mol. The standard InChI is InChI=1S/C14H21N3O4/c1-11(9-18)15-4-6-16(7-5-15)14-8-12(10-19)2-3-13(14)17(20)21/h2-3,8,11,18-19H,4-7,9-10H2,1H3/t11-/m0/s1. The van der Waals surface area contributed by atoms with Crippen LogP contribution in [0.5, 0.6) is 0 Å². The van der Waals surface area contributed by atoms with E-state index in [0.29, 0.717) is 24.3 Å². The Morgan fingerprint density at radius 1 is 1.29 bits per heavy atom. The third-order valence-corrected chi connectivity index (χ3v) is 3.96. The summed E-state index contributed by atoms with van der Waals surface area (Å²) >= 11 is 0. The Morgan fingerprint density at radius 2 is 1.95 bits per heavy atom. The minimum absolute atomic E-state index is 0.0656. The molecule has 0 aromatic heterocycles. The van der Waals surface area contributed by atoms with E-state index >= 15 is 0 Å². The quantitative estimate of drug-likeness (QED) is 0.610. The molecule has 0 amide bonds. The molecular formula is C14H21N3O4. The van der Waals surface area contributed by atoms with Gasteiger partial charge in [0.15, 0.2) is 0 Å². The van der Waals surface area contributed by atoms with Crippen LogP contribution in [0.3, 0.4) is 0 Å². The number of nitro groups is 1. The van der Waals surface area contributed by atoms with Gasteiger partial charge in [-0.2, -0.15) is 0 Å². The SMILES string of the molecule is C[C@@H](CO)N1CCN(c2cc(CO)ccc2[N+](=O)[O-])CC1. The summed E-state index contributed by atoms with van der Waals surface area (Å²) in [6.45, 7) is 4.78. The van der Waals surface area contributed by atoms with E-state index in [1.807, 2.05) is 11.8 Å². The Morgan fingerprint density at radius 3 is 2.48 bits per heavy atom. The van der Waals surface area contributed by atoms with E-state index in [2.05, 4.69) is 4.90 Å². The Bertz CT molecular complexity index is 501. The molecule has 1 heterocycles. The highest BCUT2D eigenvalue weighted by Crippen LogP contribution is 2.30. The maximum Gasteiger partial charge on any atom is 0.292 e. The summed E-state index contributed by atoms with van der Waals surface area (Å²) in [7, 11) is 0. The second-order valence-corrected chi connectivity index (χ2v) is 5.29. The van der Waals surface area contributed by atoms with E-state index in [1.54, 1.807) is 12.1 Å². The van der Waals surface area contributed by atoms with Gasteiger partial charge in [0.1, 0.15) is 5.69 Å². The van der Waals surface area contributed by atoms with Crippen LogP contribution in [0, 0.1) is 10.1 Å². The Hall–Kier alpha value is -1.70. The minimum Gasteiger partial charge on any atom is -0.395 e. The molecule has 0 spiro atoms. The molecule has 7 nitrogen and oxygen atoms in total. The van der Waals surface area contributed by atoms with E-state index in [-0.39, 0.29) is 29.9 Å². The minimum atomic E-state index is -0.390. The van der Waals surface area contributed by atoms with Crippen LogP contribution in [0.15, 0.2) is 18.2 Å². The van der Waals surface area contributed by atoms with Gasteiger partial charge in [0.25, 0.3) is 5.69 Å². The van der Waals surface area contributed by atoms with Crippen molar-refractivity contribution in [3.8, 4) is 0 Å². The van der Waals surface area contributed by atoms with Crippen LogP contribution < -0.4 is 4.90 Å². The number of hydrogen-bond donors (Lipinski definition) is 2. The first-order valence-corrected chi connectivity index (χ1v) is 7.05. The van der Waals surface area contributed by atoms with Crippen molar-refractivity contribution in [1.29, 1.82) is 0 Å². The number of aliphatic hydroxyl groups is 2. The van der Waals surface area contributed by atoms with Crippen molar-refractivity contribution < 1.29 is 15.1 Å². The average molecular weight is 295 g/mol. The summed E-state index contributed by atoms with van der Waals surface area (Å²) < 4.78 is 0. The number of piperazine rings is 1. The number of anilines is 1. The van der Waals surface area contributed by atoms with Crippen molar-refractivity contribution in [2.75, 3.05) is 37.7 Å². The molecule has 1 aromatic carbocycles. The first-order valence-electron chi connectivity index (χ1n) is 7.05. The van der Waals surface area contributed by atoms with Gasteiger partial charge in [-0.25, -0.2) is 0 Å². The Labute approximate surface area is 123 Å². The summed E-state index contributed by atoms with van der Waals surface area (Å²) in [5.41, 5.74) is 1.29. The Balaban J connectivity index is 2.17. The molecule has 2 rings (SSSR count). The van der Waals surface area contributed by atoms with E-state index < -0.39 is 0 Å². The molecule has 0 unspecified atom stereocenters. The van der Waals surface area contributed by atoms with Crippen molar-refractivity contribution in [1.82, 2.24) is 4.90 Å². The van der Waals surface area contributed by atoms with Gasteiger partial charge < -0.3 is 15.1 Å². The van der Waals surface area contributed by atoms with Crippen molar-refractivity contribution in [3.05, 3.63) is 33.9 Å². The number of benzene rings is 1. The van der Waals surface area contributed by atoms with E-state index in [0.717, 1.165) is 13.1 Å². The normalized spacial score (nSPS) is 17.8. The van der Waals surface area contributed by atoms with Crippen molar-refractivity contribution in [2.24, 2.45) is 0 Å². The third kappa shape index (κ3) is 3.49. The molecule has 1 aliphatic rings. The van der Waals surface area contributed by atoms with Gasteiger partial charge >= 0.3 is 0 Å². The molecule has 0 radical (unpaired) electrons. The highest BCUT2D eigenvalue weighted by atomic mass is 16.6. The average Bonchev–Trinajstić information content (AvgIpc) is 2.53. The van der Waals surface area contributed by atoms with Crippen LogP contribution in [0.2, 0.25) is 0 Å². The summed E-state index contributed by atoms with van der Waals surface area (Å²) in [5, 5.41) is 29.6. The van der Waals surface area contributed by atoms with Gasteiger partial charge in [-0.3, -0.25) is 15.0 Å². The zero-order chi connectivity index (χ0) is 15.4. The summed E-state index contributed by atoms with van der Waals surface area (Å²) in [5.74, 6) is 0. The Kier molecular flexibility index (Phi) is 5.11. The number of rotatable bonds is 5. The topological polar surface area (TPSA) is 90.1 Å². The zero-order valence-corrected chi connectivity index (χ0v) is 12.1. The molecule has 1 aliphatic heterocycles. The maximum atomic E-state index is 11.2. The molecule has 1 saturated heterocycles. The fourth-order valence-electron chi connectivity index (χ4n) is 2.59. The first kappa shape index (κ1) is 15.7. The first-order chi connectivity index (χ1) is 10.1. The van der Waals surface area contributed by atoms with Gasteiger partial charge in [-0.15, -0.1) is 0 Å².